The van der Waals surface area contributed by atoms with Crippen LogP contribution < -0.4 is 5.32 Å². The van der Waals surface area contributed by atoms with Gasteiger partial charge in [0.15, 0.2) is 4.77 Å². The molecule has 8 heteroatoms. The van der Waals surface area contributed by atoms with Crippen LogP contribution in [0.2, 0.25) is 0 Å². The monoisotopic (exact) mass is 365 g/mol. The summed E-state index contributed by atoms with van der Waals surface area (Å²) in [5.41, 5.74) is 0. The number of amides is 1. The van der Waals surface area contributed by atoms with Crippen molar-refractivity contribution in [1.82, 2.24) is 25.0 Å². The van der Waals surface area contributed by atoms with Gasteiger partial charge in [0.05, 0.1) is 12.3 Å². The Labute approximate surface area is 153 Å². The molecule has 2 rings (SSSR count). The first-order valence-electron chi connectivity index (χ1n) is 8.78. The van der Waals surface area contributed by atoms with Gasteiger partial charge in [-0.15, -0.1) is 0 Å². The molecule has 2 aromatic rings. The van der Waals surface area contributed by atoms with Crippen LogP contribution in [0.5, 0.6) is 0 Å². The average Bonchev–Trinajstić information content (AvgIpc) is 3.24. The minimum Gasteiger partial charge on any atom is -0.468 e. The largest absolute Gasteiger partial charge is 0.468 e. The molecule has 0 radical (unpaired) electrons. The van der Waals surface area contributed by atoms with Gasteiger partial charge in [0, 0.05) is 13.0 Å². The molecule has 138 valence electrons. The van der Waals surface area contributed by atoms with E-state index in [0.717, 1.165) is 37.5 Å². The summed E-state index contributed by atoms with van der Waals surface area (Å²) in [5, 5.41) is 9.96. The molecule has 0 aromatic carbocycles. The predicted octanol–water partition coefficient (Wildman–Crippen LogP) is 2.69. The van der Waals surface area contributed by atoms with E-state index in [4.69, 9.17) is 16.6 Å². The Hall–Kier alpha value is -1.93. The second-order valence-corrected chi connectivity index (χ2v) is 6.22. The molecule has 2 N–H and O–H groups in total. The number of aryl methyl sites for hydroxylation is 1. The normalized spacial score (nSPS) is 12.5. The number of aromatic nitrogens is 3. The zero-order valence-electron chi connectivity index (χ0n) is 15.1. The fourth-order valence-corrected chi connectivity index (χ4v) is 3.11. The highest BCUT2D eigenvalue weighted by molar-refractivity contribution is 7.71. The lowest BCUT2D eigenvalue weighted by Gasteiger charge is -2.28. The molecule has 1 amide bonds. The lowest BCUT2D eigenvalue weighted by Crippen LogP contribution is -2.39. The van der Waals surface area contributed by atoms with Gasteiger partial charge in [-0.05, 0) is 43.9 Å². The van der Waals surface area contributed by atoms with Crippen LogP contribution in [0.15, 0.2) is 22.8 Å². The first-order chi connectivity index (χ1) is 12.1. The third-order valence-electron chi connectivity index (χ3n) is 4.23. The van der Waals surface area contributed by atoms with Crippen LogP contribution in [0.3, 0.4) is 0 Å². The molecule has 7 nitrogen and oxygen atoms in total. The van der Waals surface area contributed by atoms with Crippen molar-refractivity contribution in [2.45, 2.75) is 46.2 Å². The molecule has 1 unspecified atom stereocenters. The standard InChI is InChI=1S/C17H27N5O2S/c1-4-8-15-19-20-17(25)22(15)12-16(23)18-11-13(21(5-2)6-3)14-9-7-10-24-14/h7,9-10,13H,4-6,8,11-12H2,1-3H3,(H,18,23)(H,20,25). The highest BCUT2D eigenvalue weighted by atomic mass is 32.1. The van der Waals surface area contributed by atoms with Crippen LogP contribution in [-0.2, 0) is 17.8 Å². The van der Waals surface area contributed by atoms with E-state index < -0.39 is 0 Å². The van der Waals surface area contributed by atoms with Gasteiger partial charge in [-0.1, -0.05) is 20.8 Å². The lowest BCUT2D eigenvalue weighted by molar-refractivity contribution is -0.122. The number of aromatic amines is 1. The summed E-state index contributed by atoms with van der Waals surface area (Å²) in [4.78, 5) is 14.7. The smallest absolute Gasteiger partial charge is 0.240 e. The van der Waals surface area contributed by atoms with E-state index in [2.05, 4.69) is 41.2 Å². The van der Waals surface area contributed by atoms with E-state index in [1.807, 2.05) is 12.1 Å². The summed E-state index contributed by atoms with van der Waals surface area (Å²) < 4.78 is 7.79. The molecule has 2 aromatic heterocycles. The van der Waals surface area contributed by atoms with Crippen molar-refractivity contribution in [2.24, 2.45) is 0 Å². The van der Waals surface area contributed by atoms with Crippen LogP contribution in [-0.4, -0.2) is 45.2 Å². The third-order valence-corrected chi connectivity index (χ3v) is 4.54. The van der Waals surface area contributed by atoms with E-state index >= 15 is 0 Å². The number of hydrogen-bond donors (Lipinski definition) is 2. The molecular weight excluding hydrogens is 338 g/mol. The number of nitrogens with one attached hydrogen (secondary N) is 2. The van der Waals surface area contributed by atoms with Gasteiger partial charge in [-0.2, -0.15) is 5.10 Å². The molecule has 2 heterocycles. The van der Waals surface area contributed by atoms with Crippen LogP contribution in [0.25, 0.3) is 0 Å². The highest BCUT2D eigenvalue weighted by Crippen LogP contribution is 2.20. The van der Waals surface area contributed by atoms with Gasteiger partial charge >= 0.3 is 0 Å². The second-order valence-electron chi connectivity index (χ2n) is 5.84. The second kappa shape index (κ2) is 9.53. The SMILES string of the molecule is CCCc1n[nH]c(=S)n1CC(=O)NCC(c1ccco1)N(CC)CC. The van der Waals surface area contributed by atoms with Gasteiger partial charge in [-0.3, -0.25) is 19.4 Å². The van der Waals surface area contributed by atoms with Gasteiger partial charge in [0.1, 0.15) is 18.1 Å². The highest BCUT2D eigenvalue weighted by Gasteiger charge is 2.21. The fourth-order valence-electron chi connectivity index (χ4n) is 2.89. The third kappa shape index (κ3) is 5.02. The number of H-pyrrole nitrogens is 1. The summed E-state index contributed by atoms with van der Waals surface area (Å²) in [6, 6.07) is 3.83. The molecule has 0 saturated heterocycles. The van der Waals surface area contributed by atoms with Crippen molar-refractivity contribution in [2.75, 3.05) is 19.6 Å². The van der Waals surface area contributed by atoms with Gasteiger partial charge in [0.2, 0.25) is 5.91 Å². The fraction of sp³-hybridized carbons (Fsp3) is 0.588. The van der Waals surface area contributed by atoms with Crippen molar-refractivity contribution >= 4 is 18.1 Å². The predicted molar refractivity (Wildman–Crippen MR) is 98.8 cm³/mol. The van der Waals surface area contributed by atoms with Crippen molar-refractivity contribution < 1.29 is 9.21 Å². The number of rotatable bonds is 10. The van der Waals surface area contributed by atoms with Crippen molar-refractivity contribution in [3.05, 3.63) is 34.8 Å². The Morgan fingerprint density at radius 3 is 2.80 bits per heavy atom. The number of furan rings is 1. The lowest BCUT2D eigenvalue weighted by atomic mass is 10.2. The Morgan fingerprint density at radius 1 is 1.44 bits per heavy atom. The summed E-state index contributed by atoms with van der Waals surface area (Å²) in [6.45, 7) is 8.69. The van der Waals surface area contributed by atoms with E-state index in [1.54, 1.807) is 10.8 Å². The summed E-state index contributed by atoms with van der Waals surface area (Å²) in [6.07, 6.45) is 3.40. The topological polar surface area (TPSA) is 79.1 Å². The Bertz CT molecular complexity index is 703. The quantitative estimate of drug-likeness (QED) is 0.633. The zero-order valence-corrected chi connectivity index (χ0v) is 15.9. The molecule has 25 heavy (non-hydrogen) atoms. The number of carbonyl (C=O) groups is 1. The van der Waals surface area contributed by atoms with Crippen molar-refractivity contribution in [3.63, 3.8) is 0 Å². The van der Waals surface area contributed by atoms with Crippen LogP contribution in [0.4, 0.5) is 0 Å². The molecule has 0 aliphatic rings. The molecule has 0 spiro atoms. The average molecular weight is 366 g/mol. The number of hydrogen-bond acceptors (Lipinski definition) is 5. The number of carbonyl (C=O) groups excluding carboxylic acids is 1. The number of nitrogens with zero attached hydrogens (tertiary/aromatic N) is 3. The minimum absolute atomic E-state index is 0.0152. The molecule has 0 fully saturated rings. The summed E-state index contributed by atoms with van der Waals surface area (Å²) >= 11 is 5.23. The Kier molecular flexibility index (Phi) is 7.39. The molecule has 0 aliphatic carbocycles. The van der Waals surface area contributed by atoms with Gasteiger partial charge in [-0.25, -0.2) is 0 Å². The van der Waals surface area contributed by atoms with E-state index in [0.29, 0.717) is 11.3 Å². The van der Waals surface area contributed by atoms with E-state index in [1.165, 1.54) is 0 Å². The number of likely N-dealkylation sites (N-methyl/N-ethyl adjacent to an activating group) is 1. The van der Waals surface area contributed by atoms with Crippen LogP contribution in [0, 0.1) is 4.77 Å². The van der Waals surface area contributed by atoms with E-state index in [-0.39, 0.29) is 18.5 Å². The van der Waals surface area contributed by atoms with Gasteiger partial charge in [0.25, 0.3) is 0 Å². The first kappa shape index (κ1) is 19.4. The maximum absolute atomic E-state index is 12.4. The van der Waals surface area contributed by atoms with E-state index in [9.17, 15) is 4.79 Å². The molecule has 0 saturated carbocycles. The van der Waals surface area contributed by atoms with Crippen LogP contribution in [0.1, 0.15) is 44.8 Å². The molecular formula is C17H27N5O2S. The first-order valence-corrected chi connectivity index (χ1v) is 9.19. The molecule has 0 bridgehead atoms. The van der Waals surface area contributed by atoms with Crippen LogP contribution >= 0.6 is 12.2 Å². The minimum atomic E-state index is -0.0847. The Morgan fingerprint density at radius 2 is 2.20 bits per heavy atom. The summed E-state index contributed by atoms with van der Waals surface area (Å²) in [7, 11) is 0. The maximum atomic E-state index is 12.4. The summed E-state index contributed by atoms with van der Waals surface area (Å²) in [5.74, 6) is 1.59. The maximum Gasteiger partial charge on any atom is 0.240 e. The van der Waals surface area contributed by atoms with Crippen molar-refractivity contribution in [1.29, 1.82) is 0 Å². The van der Waals surface area contributed by atoms with Crippen molar-refractivity contribution in [3.8, 4) is 0 Å². The van der Waals surface area contributed by atoms with Gasteiger partial charge < -0.3 is 9.73 Å². The zero-order chi connectivity index (χ0) is 18.2. The Balaban J connectivity index is 2.02. The molecule has 0 aliphatic heterocycles. The molecule has 1 atom stereocenters.